The van der Waals surface area contributed by atoms with Crippen molar-refractivity contribution in [2.24, 2.45) is 0 Å². The molecule has 0 aromatic heterocycles. The van der Waals surface area contributed by atoms with Gasteiger partial charge < -0.3 is 15.5 Å². The predicted octanol–water partition coefficient (Wildman–Crippen LogP) is 2.84. The lowest BCUT2D eigenvalue weighted by atomic mass is 10.2. The van der Waals surface area contributed by atoms with Gasteiger partial charge in [0.1, 0.15) is 11.6 Å². The summed E-state index contributed by atoms with van der Waals surface area (Å²) < 4.78 is 26.4. The van der Waals surface area contributed by atoms with Crippen molar-refractivity contribution in [3.8, 4) is 0 Å². The molecule has 0 radical (unpaired) electrons. The van der Waals surface area contributed by atoms with Crippen molar-refractivity contribution in [2.45, 2.75) is 6.42 Å². The van der Waals surface area contributed by atoms with Gasteiger partial charge in [-0.25, -0.2) is 8.78 Å². The quantitative estimate of drug-likeness (QED) is 0.738. The number of carbonyl (C=O) groups is 3. The maximum absolute atomic E-state index is 13.5. The second-order valence-electron chi connectivity index (χ2n) is 5.91. The molecule has 0 fully saturated rings. The smallest absolute Gasteiger partial charge is 0.254 e. The van der Waals surface area contributed by atoms with Crippen LogP contribution in [0.3, 0.4) is 0 Å². The van der Waals surface area contributed by atoms with Gasteiger partial charge in [-0.05, 0) is 24.3 Å². The Bertz CT molecular complexity index is 892. The molecular weight excluding hydrogens is 392 g/mol. The summed E-state index contributed by atoms with van der Waals surface area (Å²) in [7, 11) is 1.44. The third-order valence-electron chi connectivity index (χ3n) is 3.75. The molecule has 0 spiro atoms. The molecule has 0 saturated carbocycles. The zero-order valence-electron chi connectivity index (χ0n) is 15.0. The third-order valence-corrected chi connectivity index (χ3v) is 4.08. The second kappa shape index (κ2) is 9.80. The maximum Gasteiger partial charge on any atom is 0.254 e. The van der Waals surface area contributed by atoms with Crippen molar-refractivity contribution in [2.75, 3.05) is 25.5 Å². The summed E-state index contributed by atoms with van der Waals surface area (Å²) in [4.78, 5) is 37.1. The normalized spacial score (nSPS) is 10.3. The summed E-state index contributed by atoms with van der Waals surface area (Å²) in [6.45, 7) is -0.268. The molecule has 2 aromatic carbocycles. The summed E-state index contributed by atoms with van der Waals surface area (Å²) in [6.07, 6.45) is -0.0928. The van der Waals surface area contributed by atoms with Crippen molar-refractivity contribution in [1.29, 1.82) is 0 Å². The zero-order valence-corrected chi connectivity index (χ0v) is 15.7. The fraction of sp³-hybridized carbons (Fsp3) is 0.211. The zero-order chi connectivity index (χ0) is 20.7. The standard InChI is InChI=1S/C19H18ClF2N3O3/c1-25(11-17(26)24-16-5-3-2-4-14(16)20)18(27)8-9-23-19(28)13-7-6-12(21)10-15(13)22/h2-7,10H,8-9,11H2,1H3,(H,23,28)(H,24,26). The lowest BCUT2D eigenvalue weighted by Crippen LogP contribution is -2.37. The van der Waals surface area contributed by atoms with Crippen molar-refractivity contribution < 1.29 is 23.2 Å². The number of carbonyl (C=O) groups excluding carboxylic acids is 3. The van der Waals surface area contributed by atoms with Gasteiger partial charge in [0.2, 0.25) is 11.8 Å². The number of benzene rings is 2. The Morgan fingerprint density at radius 1 is 1.11 bits per heavy atom. The van der Waals surface area contributed by atoms with Crippen LogP contribution in [-0.2, 0) is 9.59 Å². The molecule has 0 aliphatic heterocycles. The minimum Gasteiger partial charge on any atom is -0.351 e. The van der Waals surface area contributed by atoms with Gasteiger partial charge in [-0.1, -0.05) is 23.7 Å². The van der Waals surface area contributed by atoms with Crippen molar-refractivity contribution in [3.05, 3.63) is 64.7 Å². The number of amides is 3. The van der Waals surface area contributed by atoms with Crippen LogP contribution in [0.1, 0.15) is 16.8 Å². The molecule has 6 nitrogen and oxygen atoms in total. The summed E-state index contributed by atoms with van der Waals surface area (Å²) in [5.41, 5.74) is 0.116. The Morgan fingerprint density at radius 2 is 1.82 bits per heavy atom. The molecule has 2 rings (SSSR count). The van der Waals surface area contributed by atoms with E-state index in [-0.39, 0.29) is 25.1 Å². The number of likely N-dealkylation sites (N-methyl/N-ethyl adjacent to an activating group) is 1. The van der Waals surface area contributed by atoms with E-state index in [2.05, 4.69) is 10.6 Å². The molecule has 0 atom stereocenters. The Morgan fingerprint density at radius 3 is 2.50 bits per heavy atom. The largest absolute Gasteiger partial charge is 0.351 e. The minimum atomic E-state index is -0.989. The molecule has 0 unspecified atom stereocenters. The molecule has 2 aromatic rings. The average Bonchev–Trinajstić information content (AvgIpc) is 2.63. The van der Waals surface area contributed by atoms with Crippen LogP contribution in [0.5, 0.6) is 0 Å². The Hall–Kier alpha value is -3.00. The highest BCUT2D eigenvalue weighted by Gasteiger charge is 2.16. The SMILES string of the molecule is CN(CC(=O)Nc1ccccc1Cl)C(=O)CCNC(=O)c1ccc(F)cc1F. The van der Waals surface area contributed by atoms with Crippen LogP contribution in [0.15, 0.2) is 42.5 Å². The number of hydrogen-bond donors (Lipinski definition) is 2. The first-order valence-corrected chi connectivity index (χ1v) is 8.67. The van der Waals surface area contributed by atoms with E-state index < -0.39 is 29.4 Å². The van der Waals surface area contributed by atoms with Crippen LogP contribution >= 0.6 is 11.6 Å². The predicted molar refractivity (Wildman–Crippen MR) is 101 cm³/mol. The van der Waals surface area contributed by atoms with Crippen LogP contribution < -0.4 is 10.6 Å². The molecule has 0 aliphatic rings. The molecule has 0 bridgehead atoms. The molecule has 3 amide bonds. The topological polar surface area (TPSA) is 78.5 Å². The van der Waals surface area contributed by atoms with Crippen molar-refractivity contribution >= 4 is 35.0 Å². The molecular formula is C19H18ClF2N3O3. The third kappa shape index (κ3) is 6.02. The molecule has 0 aliphatic carbocycles. The summed E-state index contributed by atoms with van der Waals surface area (Å²) in [6, 6.07) is 9.28. The van der Waals surface area contributed by atoms with Gasteiger partial charge in [0, 0.05) is 26.1 Å². The van der Waals surface area contributed by atoms with Crippen molar-refractivity contribution in [1.82, 2.24) is 10.2 Å². The molecule has 9 heteroatoms. The van der Waals surface area contributed by atoms with E-state index in [1.54, 1.807) is 24.3 Å². The van der Waals surface area contributed by atoms with E-state index >= 15 is 0 Å². The number of hydrogen-bond acceptors (Lipinski definition) is 3. The average molecular weight is 410 g/mol. The Balaban J connectivity index is 1.78. The number of para-hydroxylation sites is 1. The minimum absolute atomic E-state index is 0.0645. The van der Waals surface area contributed by atoms with Crippen LogP contribution in [0.4, 0.5) is 14.5 Å². The number of halogens is 3. The first-order valence-electron chi connectivity index (χ1n) is 8.29. The van der Waals surface area contributed by atoms with Crippen molar-refractivity contribution in [3.63, 3.8) is 0 Å². The first kappa shape index (κ1) is 21.3. The van der Waals surface area contributed by atoms with Gasteiger partial charge in [0.15, 0.2) is 0 Å². The van der Waals surface area contributed by atoms with E-state index in [0.29, 0.717) is 16.8 Å². The number of anilines is 1. The molecule has 0 saturated heterocycles. The molecule has 2 N–H and O–H groups in total. The Labute approximate surface area is 165 Å². The van der Waals surface area contributed by atoms with E-state index in [1.807, 2.05) is 0 Å². The van der Waals surface area contributed by atoms with Gasteiger partial charge >= 0.3 is 0 Å². The van der Waals surface area contributed by atoms with Gasteiger partial charge in [-0.3, -0.25) is 14.4 Å². The summed E-state index contributed by atoms with van der Waals surface area (Å²) in [5.74, 6) is -3.36. The fourth-order valence-electron chi connectivity index (χ4n) is 2.30. The number of nitrogens with zero attached hydrogens (tertiary/aromatic N) is 1. The second-order valence-corrected chi connectivity index (χ2v) is 6.32. The molecule has 28 heavy (non-hydrogen) atoms. The molecule has 0 heterocycles. The fourth-order valence-corrected chi connectivity index (χ4v) is 2.48. The molecule has 148 valence electrons. The van der Waals surface area contributed by atoms with Crippen LogP contribution in [-0.4, -0.2) is 42.8 Å². The van der Waals surface area contributed by atoms with Gasteiger partial charge in [0.05, 0.1) is 22.8 Å². The van der Waals surface area contributed by atoms with Gasteiger partial charge in [0.25, 0.3) is 5.91 Å². The van der Waals surface area contributed by atoms with E-state index in [1.165, 1.54) is 11.9 Å². The van der Waals surface area contributed by atoms with E-state index in [4.69, 9.17) is 11.6 Å². The number of nitrogens with one attached hydrogen (secondary N) is 2. The highest BCUT2D eigenvalue weighted by molar-refractivity contribution is 6.33. The van der Waals surface area contributed by atoms with Crippen LogP contribution in [0.25, 0.3) is 0 Å². The summed E-state index contributed by atoms with van der Waals surface area (Å²) >= 11 is 5.95. The first-order chi connectivity index (χ1) is 13.3. The Kier molecular flexibility index (Phi) is 7.45. The van der Waals surface area contributed by atoms with Crippen LogP contribution in [0, 0.1) is 11.6 Å². The lowest BCUT2D eigenvalue weighted by Gasteiger charge is -2.17. The highest BCUT2D eigenvalue weighted by Crippen LogP contribution is 2.20. The van der Waals surface area contributed by atoms with Gasteiger partial charge in [-0.15, -0.1) is 0 Å². The monoisotopic (exact) mass is 409 g/mol. The lowest BCUT2D eigenvalue weighted by molar-refractivity contribution is -0.133. The van der Waals surface area contributed by atoms with Gasteiger partial charge in [-0.2, -0.15) is 0 Å². The van der Waals surface area contributed by atoms with E-state index in [9.17, 15) is 23.2 Å². The van der Waals surface area contributed by atoms with Crippen LogP contribution in [0.2, 0.25) is 5.02 Å². The van der Waals surface area contributed by atoms with E-state index in [0.717, 1.165) is 12.1 Å². The highest BCUT2D eigenvalue weighted by atomic mass is 35.5. The summed E-state index contributed by atoms with van der Waals surface area (Å²) in [5, 5.41) is 5.35. The number of rotatable bonds is 7. The maximum atomic E-state index is 13.5.